The van der Waals surface area contributed by atoms with Crippen LogP contribution in [0.4, 0.5) is 48.2 Å². The van der Waals surface area contributed by atoms with Gasteiger partial charge in [-0.15, -0.1) is 0 Å². The number of nitrogens with one attached hydrogen (secondary N) is 1. The Bertz CT molecular complexity index is 1230. The molecule has 0 unspecified atom stereocenters. The molecule has 2 fully saturated rings. The number of piperidine rings is 1. The summed E-state index contributed by atoms with van der Waals surface area (Å²) in [5.74, 6) is 0. The minimum Gasteiger partial charge on any atom is -0.382 e. The first-order valence-electron chi connectivity index (χ1n) is 12.7. The Morgan fingerprint density at radius 1 is 0.951 bits per heavy atom. The molecular weight excluding hydrogens is 582 g/mol. The molecule has 2 saturated heterocycles. The van der Waals surface area contributed by atoms with E-state index in [1.165, 1.54) is 18.2 Å². The summed E-state index contributed by atoms with van der Waals surface area (Å²) >= 11 is 6.28. The van der Waals surface area contributed by atoms with Gasteiger partial charge in [0, 0.05) is 74.5 Å². The SMILES string of the molecule is O=C(N(Cl)CN1CCN(c2ccc(C(F)(F)F)cc2)CC1)N1CCC(Nc2ccc([N+](=O)[O-])c(C(F)(F)F)c2)CC1. The minimum atomic E-state index is -4.88. The van der Waals surface area contributed by atoms with Crippen molar-refractivity contribution in [2.75, 3.05) is 56.2 Å². The number of halogens is 7. The minimum absolute atomic E-state index is 0.0992. The quantitative estimate of drug-likeness (QED) is 0.191. The molecule has 2 aromatic carbocycles. The smallest absolute Gasteiger partial charge is 0.382 e. The van der Waals surface area contributed by atoms with E-state index in [1.807, 2.05) is 9.80 Å². The van der Waals surface area contributed by atoms with Crippen LogP contribution < -0.4 is 10.2 Å². The fraction of sp³-hybridized carbons (Fsp3) is 0.480. The molecule has 2 amide bonds. The molecule has 0 aromatic heterocycles. The van der Waals surface area contributed by atoms with Gasteiger partial charge in [-0.05, 0) is 49.2 Å². The van der Waals surface area contributed by atoms with Crippen LogP contribution in [-0.4, -0.2) is 77.2 Å². The average Bonchev–Trinajstić information content (AvgIpc) is 2.92. The van der Waals surface area contributed by atoms with Crippen molar-refractivity contribution in [2.24, 2.45) is 0 Å². The highest BCUT2D eigenvalue weighted by molar-refractivity contribution is 6.20. The van der Waals surface area contributed by atoms with Gasteiger partial charge in [0.1, 0.15) is 5.56 Å². The molecule has 0 spiro atoms. The highest BCUT2D eigenvalue weighted by Crippen LogP contribution is 2.38. The van der Waals surface area contributed by atoms with Gasteiger partial charge >= 0.3 is 18.4 Å². The molecule has 224 valence electrons. The summed E-state index contributed by atoms with van der Waals surface area (Å²) in [5.41, 5.74) is -2.29. The first-order valence-corrected chi connectivity index (χ1v) is 13.0. The van der Waals surface area contributed by atoms with E-state index < -0.39 is 40.1 Å². The third kappa shape index (κ3) is 7.64. The lowest BCUT2D eigenvalue weighted by molar-refractivity contribution is -0.388. The van der Waals surface area contributed by atoms with Gasteiger partial charge in [0.25, 0.3) is 5.69 Å². The Hall–Kier alpha value is -3.46. The van der Waals surface area contributed by atoms with Crippen LogP contribution in [0.3, 0.4) is 0 Å². The number of nitro groups is 1. The second kappa shape index (κ2) is 12.2. The molecule has 0 aliphatic carbocycles. The predicted molar refractivity (Wildman–Crippen MR) is 140 cm³/mol. The Labute approximate surface area is 236 Å². The zero-order valence-electron chi connectivity index (χ0n) is 21.6. The molecule has 0 saturated carbocycles. The fourth-order valence-corrected chi connectivity index (χ4v) is 5.12. The number of benzene rings is 2. The number of carbonyl (C=O) groups excluding carboxylic acids is 1. The van der Waals surface area contributed by atoms with Crippen LogP contribution in [0.2, 0.25) is 0 Å². The number of likely N-dealkylation sites (tertiary alicyclic amines) is 1. The summed E-state index contributed by atoms with van der Waals surface area (Å²) in [7, 11) is 0. The molecule has 1 N–H and O–H groups in total. The van der Waals surface area contributed by atoms with Crippen molar-refractivity contribution in [2.45, 2.75) is 31.2 Å². The number of amides is 2. The lowest BCUT2D eigenvalue weighted by Gasteiger charge is -2.39. The van der Waals surface area contributed by atoms with Crippen molar-refractivity contribution in [1.29, 1.82) is 0 Å². The first kappa shape index (κ1) is 30.5. The molecule has 16 heteroatoms. The average molecular weight is 609 g/mol. The number of urea groups is 1. The number of carbonyl (C=O) groups is 1. The Balaban J connectivity index is 1.23. The van der Waals surface area contributed by atoms with Crippen LogP contribution in [0.25, 0.3) is 0 Å². The van der Waals surface area contributed by atoms with Gasteiger partial charge in [-0.1, -0.05) is 0 Å². The highest BCUT2D eigenvalue weighted by atomic mass is 35.5. The maximum absolute atomic E-state index is 13.3. The molecule has 2 heterocycles. The van der Waals surface area contributed by atoms with E-state index in [9.17, 15) is 41.3 Å². The molecule has 9 nitrogen and oxygen atoms in total. The molecule has 2 aliphatic heterocycles. The maximum atomic E-state index is 13.3. The fourth-order valence-electron chi connectivity index (χ4n) is 4.86. The Kier molecular flexibility index (Phi) is 9.07. The number of anilines is 2. The van der Waals surface area contributed by atoms with Gasteiger partial charge in [-0.2, -0.15) is 26.3 Å². The van der Waals surface area contributed by atoms with Gasteiger partial charge in [0.15, 0.2) is 0 Å². The van der Waals surface area contributed by atoms with Gasteiger partial charge in [0.05, 0.1) is 17.2 Å². The number of nitro benzene ring substituents is 1. The van der Waals surface area contributed by atoms with E-state index >= 15 is 0 Å². The second-order valence-corrected chi connectivity index (χ2v) is 10.2. The van der Waals surface area contributed by atoms with Crippen LogP contribution in [0.1, 0.15) is 24.0 Å². The van der Waals surface area contributed by atoms with Crippen LogP contribution in [0.15, 0.2) is 42.5 Å². The van der Waals surface area contributed by atoms with E-state index in [2.05, 4.69) is 5.32 Å². The molecule has 41 heavy (non-hydrogen) atoms. The van der Waals surface area contributed by atoms with Crippen LogP contribution >= 0.6 is 11.8 Å². The summed E-state index contributed by atoms with van der Waals surface area (Å²) in [6.45, 7) is 2.92. The summed E-state index contributed by atoms with van der Waals surface area (Å²) < 4.78 is 79.3. The van der Waals surface area contributed by atoms with Crippen molar-refractivity contribution < 1.29 is 36.1 Å². The number of alkyl halides is 6. The number of rotatable bonds is 6. The van der Waals surface area contributed by atoms with Gasteiger partial charge in [0.2, 0.25) is 0 Å². The van der Waals surface area contributed by atoms with Gasteiger partial charge in [-0.3, -0.25) is 15.0 Å². The molecule has 2 aromatic rings. The van der Waals surface area contributed by atoms with Crippen molar-refractivity contribution in [1.82, 2.24) is 14.2 Å². The normalized spacial score (nSPS) is 17.4. The summed E-state index contributed by atoms with van der Waals surface area (Å²) in [6.07, 6.45) is -8.41. The maximum Gasteiger partial charge on any atom is 0.423 e. The molecule has 4 rings (SSSR count). The second-order valence-electron chi connectivity index (χ2n) is 9.83. The molecule has 2 aliphatic rings. The zero-order valence-corrected chi connectivity index (χ0v) is 22.3. The third-order valence-corrected chi connectivity index (χ3v) is 7.35. The first-order chi connectivity index (χ1) is 19.2. The van der Waals surface area contributed by atoms with Crippen molar-refractivity contribution in [3.63, 3.8) is 0 Å². The lowest BCUT2D eigenvalue weighted by atomic mass is 10.0. The standard InChI is InChI=1S/C25H27ClF6N6O3/c26-37(16-34-11-13-35(14-12-34)20-4-1-17(2-5-20)24(27,28)29)23(39)36-9-7-18(8-10-36)33-19-3-6-22(38(40)41)21(15-19)25(30,31)32/h1-6,15,18,33H,7-14,16H2. The van der Waals surface area contributed by atoms with Crippen molar-refractivity contribution >= 4 is 34.9 Å². The number of hydrogen-bond acceptors (Lipinski definition) is 6. The van der Waals surface area contributed by atoms with Crippen molar-refractivity contribution in [3.05, 3.63) is 63.7 Å². The molecule has 0 bridgehead atoms. The largest absolute Gasteiger partial charge is 0.423 e. The number of nitrogens with zero attached hydrogens (tertiary/aromatic N) is 5. The topological polar surface area (TPSA) is 85.2 Å². The summed E-state index contributed by atoms with van der Waals surface area (Å²) in [4.78, 5) is 28.2. The summed E-state index contributed by atoms with van der Waals surface area (Å²) in [6, 6.07) is 7.07. The predicted octanol–water partition coefficient (Wildman–Crippen LogP) is 5.86. The zero-order chi connectivity index (χ0) is 29.9. The van der Waals surface area contributed by atoms with Crippen LogP contribution in [0.5, 0.6) is 0 Å². The third-order valence-electron chi connectivity index (χ3n) is 7.10. The molecular formula is C25H27ClF6N6O3. The number of piperazine rings is 1. The Morgan fingerprint density at radius 3 is 2.10 bits per heavy atom. The monoisotopic (exact) mass is 608 g/mol. The Morgan fingerprint density at radius 2 is 1.56 bits per heavy atom. The van der Waals surface area contributed by atoms with E-state index in [4.69, 9.17) is 11.8 Å². The van der Waals surface area contributed by atoms with Crippen LogP contribution in [0, 0.1) is 10.1 Å². The highest BCUT2D eigenvalue weighted by Gasteiger charge is 2.39. The van der Waals surface area contributed by atoms with Crippen LogP contribution in [-0.2, 0) is 12.4 Å². The lowest BCUT2D eigenvalue weighted by Crippen LogP contribution is -2.52. The number of hydrogen-bond donors (Lipinski definition) is 1. The van der Waals surface area contributed by atoms with E-state index in [0.29, 0.717) is 63.9 Å². The van der Waals surface area contributed by atoms with E-state index in [0.717, 1.165) is 22.6 Å². The molecule has 0 atom stereocenters. The van der Waals surface area contributed by atoms with E-state index in [-0.39, 0.29) is 18.4 Å². The van der Waals surface area contributed by atoms with Gasteiger partial charge < -0.3 is 15.1 Å². The van der Waals surface area contributed by atoms with Gasteiger partial charge in [-0.25, -0.2) is 9.21 Å². The summed E-state index contributed by atoms with van der Waals surface area (Å²) in [5, 5.41) is 13.9. The van der Waals surface area contributed by atoms with Crippen molar-refractivity contribution in [3.8, 4) is 0 Å². The van der Waals surface area contributed by atoms with E-state index in [1.54, 1.807) is 4.90 Å². The molecule has 0 radical (unpaired) electrons.